The van der Waals surface area contributed by atoms with Crippen LogP contribution in [0.15, 0.2) is 53.4 Å². The van der Waals surface area contributed by atoms with E-state index < -0.39 is 10.0 Å². The van der Waals surface area contributed by atoms with Crippen molar-refractivity contribution in [2.75, 3.05) is 0 Å². The molecule has 4 nitrogen and oxygen atoms in total. The van der Waals surface area contributed by atoms with Gasteiger partial charge in [0.05, 0.1) is 4.90 Å². The highest BCUT2D eigenvalue weighted by atomic mass is 35.5. The molecule has 0 heterocycles. The Morgan fingerprint density at radius 2 is 1.81 bits per heavy atom. The average Bonchev–Trinajstić information content (AvgIpc) is 2.47. The number of benzene rings is 2. The Morgan fingerprint density at radius 1 is 1.14 bits per heavy atom. The van der Waals surface area contributed by atoms with E-state index in [4.69, 9.17) is 11.6 Å². The molecule has 0 fully saturated rings. The van der Waals surface area contributed by atoms with Crippen molar-refractivity contribution in [2.45, 2.75) is 18.4 Å². The van der Waals surface area contributed by atoms with E-state index in [2.05, 4.69) is 4.72 Å². The van der Waals surface area contributed by atoms with Crippen LogP contribution in [0.2, 0.25) is 5.02 Å². The number of carbonyl (C=O) groups excluding carboxylic acids is 1. The molecule has 110 valence electrons. The van der Waals surface area contributed by atoms with Crippen molar-refractivity contribution in [1.82, 2.24) is 4.72 Å². The minimum absolute atomic E-state index is 0.0733. The molecule has 0 aliphatic carbocycles. The molecular formula is C15H14ClNO3S. The standard InChI is InChI=1S/C15H14ClNO3S/c1-11(18)13-3-2-4-15(9-13)21(19,20)17-10-12-5-7-14(16)8-6-12/h2-9,17H,10H2,1H3. The topological polar surface area (TPSA) is 63.2 Å². The summed E-state index contributed by atoms with van der Waals surface area (Å²) in [5, 5.41) is 0.593. The largest absolute Gasteiger partial charge is 0.295 e. The van der Waals surface area contributed by atoms with Gasteiger partial charge < -0.3 is 0 Å². The van der Waals surface area contributed by atoms with Crippen molar-refractivity contribution in [3.8, 4) is 0 Å². The maximum atomic E-state index is 12.2. The van der Waals surface area contributed by atoms with Crippen molar-refractivity contribution in [3.05, 3.63) is 64.7 Å². The number of carbonyl (C=O) groups is 1. The van der Waals surface area contributed by atoms with Gasteiger partial charge in [0.2, 0.25) is 10.0 Å². The van der Waals surface area contributed by atoms with E-state index >= 15 is 0 Å². The Bertz CT molecular complexity index is 755. The number of Topliss-reactive ketones (excluding diaryl/α,β-unsaturated/α-hetero) is 1. The molecule has 0 aliphatic heterocycles. The van der Waals surface area contributed by atoms with Gasteiger partial charge in [-0.05, 0) is 36.8 Å². The minimum atomic E-state index is -3.66. The Hall–Kier alpha value is -1.69. The maximum Gasteiger partial charge on any atom is 0.240 e. The molecule has 6 heteroatoms. The highest BCUT2D eigenvalue weighted by Gasteiger charge is 2.15. The lowest BCUT2D eigenvalue weighted by atomic mass is 10.2. The molecule has 1 N–H and O–H groups in total. The summed E-state index contributed by atoms with van der Waals surface area (Å²) in [5.41, 5.74) is 1.16. The normalized spacial score (nSPS) is 11.3. The molecule has 0 saturated heterocycles. The second-order valence-electron chi connectivity index (χ2n) is 4.54. The van der Waals surface area contributed by atoms with Gasteiger partial charge in [0.25, 0.3) is 0 Å². The number of sulfonamides is 1. The fraction of sp³-hybridized carbons (Fsp3) is 0.133. The fourth-order valence-corrected chi connectivity index (χ4v) is 2.94. The molecule has 0 aliphatic rings. The highest BCUT2D eigenvalue weighted by molar-refractivity contribution is 7.89. The lowest BCUT2D eigenvalue weighted by Crippen LogP contribution is -2.23. The third-order valence-corrected chi connectivity index (χ3v) is 4.58. The van der Waals surface area contributed by atoms with Gasteiger partial charge in [-0.1, -0.05) is 35.9 Å². The lowest BCUT2D eigenvalue weighted by molar-refractivity contribution is 0.101. The molecule has 0 bridgehead atoms. The highest BCUT2D eigenvalue weighted by Crippen LogP contribution is 2.14. The number of halogens is 1. The quantitative estimate of drug-likeness (QED) is 0.860. The number of hydrogen-bond acceptors (Lipinski definition) is 3. The molecule has 2 aromatic rings. The molecule has 0 saturated carbocycles. The molecule has 2 rings (SSSR count). The third-order valence-electron chi connectivity index (χ3n) is 2.93. The Balaban J connectivity index is 2.16. The first-order valence-electron chi connectivity index (χ1n) is 6.23. The molecular weight excluding hydrogens is 310 g/mol. The van der Waals surface area contributed by atoms with Gasteiger partial charge in [-0.2, -0.15) is 0 Å². The van der Waals surface area contributed by atoms with Crippen LogP contribution < -0.4 is 4.72 Å². The molecule has 0 radical (unpaired) electrons. The lowest BCUT2D eigenvalue weighted by Gasteiger charge is -2.08. The van der Waals surface area contributed by atoms with Crippen LogP contribution in [0, 0.1) is 0 Å². The zero-order valence-corrected chi connectivity index (χ0v) is 12.9. The van der Waals surface area contributed by atoms with Crippen molar-refractivity contribution in [2.24, 2.45) is 0 Å². The molecule has 0 aromatic heterocycles. The smallest absolute Gasteiger partial charge is 0.240 e. The van der Waals surface area contributed by atoms with Crippen LogP contribution >= 0.6 is 11.6 Å². The summed E-state index contributed by atoms with van der Waals surface area (Å²) in [5.74, 6) is -0.176. The predicted octanol–water partition coefficient (Wildman–Crippen LogP) is 3.02. The first kappa shape index (κ1) is 15.7. The van der Waals surface area contributed by atoms with E-state index in [1.807, 2.05) is 0 Å². The minimum Gasteiger partial charge on any atom is -0.295 e. The van der Waals surface area contributed by atoms with Crippen LogP contribution in [0.3, 0.4) is 0 Å². The molecule has 0 atom stereocenters. The number of hydrogen-bond donors (Lipinski definition) is 1. The second-order valence-corrected chi connectivity index (χ2v) is 6.74. The zero-order valence-electron chi connectivity index (χ0n) is 11.3. The number of nitrogens with one attached hydrogen (secondary N) is 1. The van der Waals surface area contributed by atoms with Crippen molar-refractivity contribution < 1.29 is 13.2 Å². The van der Waals surface area contributed by atoms with E-state index in [0.717, 1.165) is 5.56 Å². The number of rotatable bonds is 5. The van der Waals surface area contributed by atoms with E-state index in [-0.39, 0.29) is 17.2 Å². The Kier molecular flexibility index (Phi) is 4.77. The van der Waals surface area contributed by atoms with Gasteiger partial charge >= 0.3 is 0 Å². The van der Waals surface area contributed by atoms with Crippen LogP contribution in [0.25, 0.3) is 0 Å². The van der Waals surface area contributed by atoms with Crippen LogP contribution in [0.4, 0.5) is 0 Å². The van der Waals surface area contributed by atoms with Crippen molar-refractivity contribution in [1.29, 1.82) is 0 Å². The second kappa shape index (κ2) is 6.39. The van der Waals surface area contributed by atoms with Crippen LogP contribution in [0.1, 0.15) is 22.8 Å². The van der Waals surface area contributed by atoms with Gasteiger partial charge in [0.15, 0.2) is 5.78 Å². The Labute approximate surface area is 128 Å². The monoisotopic (exact) mass is 323 g/mol. The summed E-state index contributed by atoms with van der Waals surface area (Å²) in [6, 6.07) is 12.8. The maximum absolute atomic E-state index is 12.2. The summed E-state index contributed by atoms with van der Waals surface area (Å²) in [7, 11) is -3.66. The van der Waals surface area contributed by atoms with Crippen molar-refractivity contribution >= 4 is 27.4 Å². The summed E-state index contributed by atoms with van der Waals surface area (Å²) < 4.78 is 26.9. The molecule has 2 aromatic carbocycles. The summed E-state index contributed by atoms with van der Waals surface area (Å²) in [6.07, 6.45) is 0. The zero-order chi connectivity index (χ0) is 15.5. The number of ketones is 1. The summed E-state index contributed by atoms with van der Waals surface area (Å²) in [4.78, 5) is 11.4. The summed E-state index contributed by atoms with van der Waals surface area (Å²) >= 11 is 5.77. The SMILES string of the molecule is CC(=O)c1cccc(S(=O)(=O)NCc2ccc(Cl)cc2)c1. The molecule has 0 amide bonds. The van der Waals surface area contributed by atoms with E-state index in [1.165, 1.54) is 19.1 Å². The van der Waals surface area contributed by atoms with Gasteiger partial charge in [0, 0.05) is 17.1 Å². The van der Waals surface area contributed by atoms with Crippen molar-refractivity contribution in [3.63, 3.8) is 0 Å². The van der Waals surface area contributed by atoms with Gasteiger partial charge in [-0.25, -0.2) is 13.1 Å². The summed E-state index contributed by atoms with van der Waals surface area (Å²) in [6.45, 7) is 1.55. The Morgan fingerprint density at radius 3 is 2.43 bits per heavy atom. The molecule has 0 unspecified atom stereocenters. The van der Waals surface area contributed by atoms with Gasteiger partial charge in [-0.3, -0.25) is 4.79 Å². The molecule has 0 spiro atoms. The molecule has 21 heavy (non-hydrogen) atoms. The third kappa shape index (κ3) is 4.14. The van der Waals surface area contributed by atoms with Crippen LogP contribution in [0.5, 0.6) is 0 Å². The van der Waals surface area contributed by atoms with E-state index in [0.29, 0.717) is 10.6 Å². The van der Waals surface area contributed by atoms with Crippen LogP contribution in [-0.2, 0) is 16.6 Å². The van der Waals surface area contributed by atoms with E-state index in [1.54, 1.807) is 36.4 Å². The van der Waals surface area contributed by atoms with Gasteiger partial charge in [-0.15, -0.1) is 0 Å². The first-order valence-corrected chi connectivity index (χ1v) is 8.10. The van der Waals surface area contributed by atoms with Crippen LogP contribution in [-0.4, -0.2) is 14.2 Å². The predicted molar refractivity (Wildman–Crippen MR) is 81.9 cm³/mol. The van der Waals surface area contributed by atoms with Gasteiger partial charge in [0.1, 0.15) is 0 Å². The van der Waals surface area contributed by atoms with E-state index in [9.17, 15) is 13.2 Å². The first-order chi connectivity index (χ1) is 9.88. The fourth-order valence-electron chi connectivity index (χ4n) is 1.75. The average molecular weight is 324 g/mol.